The second-order valence-electron chi connectivity index (χ2n) is 10.5. The van der Waals surface area contributed by atoms with Crippen molar-refractivity contribution in [2.45, 2.75) is 81.3 Å². The highest BCUT2D eigenvalue weighted by Crippen LogP contribution is 2.43. The van der Waals surface area contributed by atoms with Gasteiger partial charge >= 0.3 is 6.18 Å². The van der Waals surface area contributed by atoms with E-state index < -0.39 is 30.7 Å². The third kappa shape index (κ3) is 4.95. The van der Waals surface area contributed by atoms with Crippen molar-refractivity contribution in [2.75, 3.05) is 7.11 Å². The Bertz CT molecular complexity index is 1200. The predicted octanol–water partition coefficient (Wildman–Crippen LogP) is 3.87. The van der Waals surface area contributed by atoms with Crippen LogP contribution in [0.3, 0.4) is 0 Å². The molecule has 13 heteroatoms. The van der Waals surface area contributed by atoms with Gasteiger partial charge in [-0.25, -0.2) is 4.98 Å². The third-order valence-electron chi connectivity index (χ3n) is 8.15. The standard InChI is InChI=1S/C25H29ClF3N5O4/c1-38-21-10-17(18(26)12-30-21)19-11-20(33-32-19)23(36)34-15-2-3-16(34)9-13(8-15)22(35)31-14-4-6-24(37,7-5-14)25(27,28)29/h10-16,37H,2-9H2,1H3,(H,31,35)(H,32,33)/t13-,14-,15-,16+,24-. The zero-order valence-corrected chi connectivity index (χ0v) is 21.5. The summed E-state index contributed by atoms with van der Waals surface area (Å²) in [5, 5.41) is 20.2. The number of methoxy groups -OCH3 is 1. The van der Waals surface area contributed by atoms with Gasteiger partial charge in [-0.3, -0.25) is 14.7 Å². The number of hydrogen-bond acceptors (Lipinski definition) is 6. The second kappa shape index (κ2) is 10.0. The van der Waals surface area contributed by atoms with Crippen LogP contribution in [0.15, 0.2) is 18.3 Å². The van der Waals surface area contributed by atoms with E-state index in [-0.39, 0.29) is 48.4 Å². The van der Waals surface area contributed by atoms with E-state index in [1.54, 1.807) is 12.1 Å². The van der Waals surface area contributed by atoms with Gasteiger partial charge in [-0.15, -0.1) is 0 Å². The molecule has 0 spiro atoms. The third-order valence-corrected chi connectivity index (χ3v) is 8.45. The minimum Gasteiger partial charge on any atom is -0.481 e. The Labute approximate surface area is 222 Å². The molecule has 206 valence electrons. The summed E-state index contributed by atoms with van der Waals surface area (Å²) in [6.45, 7) is 0. The molecule has 2 aliphatic heterocycles. The number of hydrogen-bond donors (Lipinski definition) is 3. The normalized spacial score (nSPS) is 29.3. The van der Waals surface area contributed by atoms with E-state index in [4.69, 9.17) is 16.3 Å². The van der Waals surface area contributed by atoms with Gasteiger partial charge in [0.2, 0.25) is 11.8 Å². The van der Waals surface area contributed by atoms with E-state index in [2.05, 4.69) is 20.5 Å². The molecule has 5 rings (SSSR count). The summed E-state index contributed by atoms with van der Waals surface area (Å²) >= 11 is 6.27. The number of fused-ring (bicyclic) bond motifs is 2. The minimum atomic E-state index is -4.67. The van der Waals surface area contributed by atoms with Crippen LogP contribution in [0.4, 0.5) is 13.2 Å². The number of amides is 2. The van der Waals surface area contributed by atoms with E-state index in [1.807, 2.05) is 4.90 Å². The van der Waals surface area contributed by atoms with Crippen LogP contribution in [0.25, 0.3) is 11.3 Å². The van der Waals surface area contributed by atoms with E-state index in [0.29, 0.717) is 35.0 Å². The highest BCUT2D eigenvalue weighted by molar-refractivity contribution is 6.33. The van der Waals surface area contributed by atoms with Crippen molar-refractivity contribution in [3.8, 4) is 17.1 Å². The molecule has 0 radical (unpaired) electrons. The molecular weight excluding hydrogens is 527 g/mol. The van der Waals surface area contributed by atoms with Crippen LogP contribution >= 0.6 is 11.6 Å². The first-order valence-corrected chi connectivity index (χ1v) is 13.0. The Morgan fingerprint density at radius 1 is 1.18 bits per heavy atom. The van der Waals surface area contributed by atoms with Crippen molar-refractivity contribution < 1.29 is 32.6 Å². The molecule has 0 unspecified atom stereocenters. The van der Waals surface area contributed by atoms with Gasteiger partial charge in [0.25, 0.3) is 5.91 Å². The van der Waals surface area contributed by atoms with Gasteiger partial charge < -0.3 is 20.1 Å². The lowest BCUT2D eigenvalue weighted by Crippen LogP contribution is -2.53. The topological polar surface area (TPSA) is 120 Å². The van der Waals surface area contributed by atoms with Crippen molar-refractivity contribution in [1.29, 1.82) is 0 Å². The van der Waals surface area contributed by atoms with Crippen LogP contribution in [-0.2, 0) is 4.79 Å². The van der Waals surface area contributed by atoms with E-state index in [9.17, 15) is 27.9 Å². The first-order valence-electron chi connectivity index (χ1n) is 12.7. The Kier molecular flexibility index (Phi) is 7.06. The molecule has 1 saturated carbocycles. The largest absolute Gasteiger partial charge is 0.481 e. The number of aliphatic hydroxyl groups is 1. The molecule has 3 aliphatic rings. The number of nitrogens with zero attached hydrogens (tertiary/aromatic N) is 3. The molecule has 1 aliphatic carbocycles. The van der Waals surface area contributed by atoms with Crippen LogP contribution in [0.2, 0.25) is 5.02 Å². The number of aromatic amines is 1. The molecule has 2 bridgehead atoms. The number of piperidine rings is 1. The van der Waals surface area contributed by atoms with Crippen molar-refractivity contribution in [1.82, 2.24) is 25.4 Å². The number of halogens is 4. The van der Waals surface area contributed by atoms with E-state index in [0.717, 1.165) is 12.8 Å². The fraction of sp³-hybridized carbons (Fsp3) is 0.600. The maximum atomic E-state index is 13.4. The van der Waals surface area contributed by atoms with Crippen LogP contribution in [0.5, 0.6) is 5.88 Å². The van der Waals surface area contributed by atoms with E-state index in [1.165, 1.54) is 13.3 Å². The fourth-order valence-corrected chi connectivity index (χ4v) is 6.21. The molecule has 2 amide bonds. The number of nitrogens with one attached hydrogen (secondary N) is 2. The Hall–Kier alpha value is -2.86. The molecule has 0 aromatic carbocycles. The van der Waals surface area contributed by atoms with Crippen molar-refractivity contribution in [3.63, 3.8) is 0 Å². The van der Waals surface area contributed by atoms with Crippen molar-refractivity contribution >= 4 is 23.4 Å². The van der Waals surface area contributed by atoms with E-state index >= 15 is 0 Å². The highest BCUT2D eigenvalue weighted by Gasteiger charge is 2.55. The van der Waals surface area contributed by atoms with Gasteiger partial charge in [0.1, 0.15) is 0 Å². The predicted molar refractivity (Wildman–Crippen MR) is 130 cm³/mol. The lowest BCUT2D eigenvalue weighted by atomic mass is 9.81. The number of alkyl halides is 3. The highest BCUT2D eigenvalue weighted by atomic mass is 35.5. The van der Waals surface area contributed by atoms with Gasteiger partial charge in [-0.05, 0) is 57.4 Å². The molecule has 2 aromatic rings. The number of pyridine rings is 1. The Morgan fingerprint density at radius 2 is 1.84 bits per heavy atom. The van der Waals surface area contributed by atoms with Gasteiger partial charge in [0, 0.05) is 35.7 Å². The summed E-state index contributed by atoms with van der Waals surface area (Å²) in [5.74, 6) is -0.373. The molecule has 4 heterocycles. The Morgan fingerprint density at radius 3 is 2.45 bits per heavy atom. The molecule has 3 fully saturated rings. The maximum absolute atomic E-state index is 13.4. The number of H-pyrrole nitrogens is 1. The van der Waals surface area contributed by atoms with Gasteiger partial charge in [-0.1, -0.05) is 11.6 Å². The molecule has 3 atom stereocenters. The number of carbonyl (C=O) groups excluding carboxylic acids is 2. The molecule has 2 saturated heterocycles. The average molecular weight is 556 g/mol. The van der Waals surface area contributed by atoms with Crippen LogP contribution in [0, 0.1) is 5.92 Å². The summed E-state index contributed by atoms with van der Waals surface area (Å²) < 4.78 is 44.4. The fourth-order valence-electron chi connectivity index (χ4n) is 6.00. The molecular formula is C25H29ClF3N5O4. The molecule has 3 N–H and O–H groups in total. The lowest BCUT2D eigenvalue weighted by Gasteiger charge is -2.40. The molecule has 2 aromatic heterocycles. The monoisotopic (exact) mass is 555 g/mol. The number of ether oxygens (including phenoxy) is 1. The second-order valence-corrected chi connectivity index (χ2v) is 10.9. The number of carbonyl (C=O) groups is 2. The smallest absolute Gasteiger partial charge is 0.417 e. The summed E-state index contributed by atoms with van der Waals surface area (Å²) in [6.07, 6.45) is -1.42. The first kappa shape index (κ1) is 26.7. The van der Waals surface area contributed by atoms with Crippen LogP contribution in [-0.4, -0.2) is 74.0 Å². The Balaban J connectivity index is 1.20. The number of aromatic nitrogens is 3. The van der Waals surface area contributed by atoms with Gasteiger partial charge in [0.05, 0.1) is 24.0 Å². The quantitative estimate of drug-likeness (QED) is 0.515. The number of rotatable bonds is 5. The van der Waals surface area contributed by atoms with Crippen molar-refractivity contribution in [2.24, 2.45) is 5.92 Å². The van der Waals surface area contributed by atoms with Crippen LogP contribution < -0.4 is 10.1 Å². The van der Waals surface area contributed by atoms with Gasteiger partial charge in [0.15, 0.2) is 11.3 Å². The summed E-state index contributed by atoms with van der Waals surface area (Å²) in [5.41, 5.74) is -1.30. The molecule has 38 heavy (non-hydrogen) atoms. The average Bonchev–Trinajstić information content (AvgIpc) is 3.47. The lowest BCUT2D eigenvalue weighted by molar-refractivity contribution is -0.270. The first-order chi connectivity index (χ1) is 18.0. The zero-order chi connectivity index (χ0) is 27.2. The van der Waals surface area contributed by atoms with Crippen LogP contribution in [0.1, 0.15) is 61.9 Å². The summed E-state index contributed by atoms with van der Waals surface area (Å²) in [6, 6.07) is 2.63. The summed E-state index contributed by atoms with van der Waals surface area (Å²) in [4.78, 5) is 32.3. The minimum absolute atomic E-state index is 0.0702. The maximum Gasteiger partial charge on any atom is 0.417 e. The molecule has 9 nitrogen and oxygen atoms in total. The zero-order valence-electron chi connectivity index (χ0n) is 20.7. The summed E-state index contributed by atoms with van der Waals surface area (Å²) in [7, 11) is 1.49. The van der Waals surface area contributed by atoms with Gasteiger partial charge in [-0.2, -0.15) is 18.3 Å². The van der Waals surface area contributed by atoms with Crippen molar-refractivity contribution in [3.05, 3.63) is 29.0 Å². The SMILES string of the molecule is COc1cc(-c2cc(C(=O)N3[C@@H]4CC[C@H]3C[C@H](C(=O)N[C@H]3CC[C@@](O)(C(F)(F)F)CC3)C4)n[nH]2)c(Cl)cn1.